The first-order valence-electron chi connectivity index (χ1n) is 7.74. The van der Waals surface area contributed by atoms with Crippen LogP contribution in [0, 0.1) is 5.41 Å². The molecule has 6 heteroatoms. The predicted octanol–water partition coefficient (Wildman–Crippen LogP) is 2.93. The second-order valence-corrected chi connectivity index (χ2v) is 12.8. The monoisotopic (exact) mass is 330 g/mol. The van der Waals surface area contributed by atoms with E-state index in [-0.39, 0.29) is 17.4 Å². The molecule has 1 heterocycles. The van der Waals surface area contributed by atoms with Crippen LogP contribution in [0.1, 0.15) is 41.0 Å². The Morgan fingerprint density at radius 2 is 1.91 bits per heavy atom. The van der Waals surface area contributed by atoms with Gasteiger partial charge in [0, 0.05) is 13.5 Å². The van der Waals surface area contributed by atoms with Gasteiger partial charge >= 0.3 is 5.97 Å². The topological polar surface area (TPSA) is 61.8 Å². The number of hydrogen-bond acceptors (Lipinski definition) is 5. The molecule has 5 nitrogen and oxygen atoms in total. The fraction of sp³-hybridized carbons (Fsp3) is 0.875. The highest BCUT2D eigenvalue weighted by atomic mass is 28.4. The number of carbonyl (C=O) groups excluding carboxylic acids is 2. The average molecular weight is 330 g/mol. The number of aldehydes is 1. The molecule has 0 aromatic heterocycles. The van der Waals surface area contributed by atoms with E-state index in [0.29, 0.717) is 0 Å². The Bertz CT molecular complexity index is 425. The van der Waals surface area contributed by atoms with Crippen LogP contribution >= 0.6 is 0 Å². The minimum Gasteiger partial charge on any atom is -0.456 e. The molecule has 1 aliphatic rings. The molecule has 0 unspecified atom stereocenters. The molecule has 0 saturated carbocycles. The van der Waals surface area contributed by atoms with Gasteiger partial charge in [-0.25, -0.2) is 0 Å². The van der Waals surface area contributed by atoms with E-state index in [0.717, 1.165) is 6.29 Å². The molecular formula is C16H30O5Si. The maximum Gasteiger partial charge on any atom is 0.314 e. The van der Waals surface area contributed by atoms with Crippen molar-refractivity contribution in [2.24, 2.45) is 5.41 Å². The Morgan fingerprint density at radius 3 is 2.32 bits per heavy atom. The van der Waals surface area contributed by atoms with Gasteiger partial charge in [-0.1, -0.05) is 20.8 Å². The Hall–Kier alpha value is -0.723. The van der Waals surface area contributed by atoms with Crippen LogP contribution in [0.25, 0.3) is 0 Å². The predicted molar refractivity (Wildman–Crippen MR) is 87.2 cm³/mol. The van der Waals surface area contributed by atoms with Gasteiger partial charge in [0.2, 0.25) is 0 Å². The molecule has 0 aliphatic carbocycles. The zero-order valence-corrected chi connectivity index (χ0v) is 16.1. The number of hydrogen-bond donors (Lipinski definition) is 0. The Kier molecular flexibility index (Phi) is 5.63. The summed E-state index contributed by atoms with van der Waals surface area (Å²) in [6.45, 7) is 14.4. The van der Waals surface area contributed by atoms with Crippen molar-refractivity contribution in [1.29, 1.82) is 0 Å². The third-order valence-electron chi connectivity index (χ3n) is 5.00. The molecule has 0 aromatic rings. The lowest BCUT2D eigenvalue weighted by Crippen LogP contribution is -2.52. The van der Waals surface area contributed by atoms with Gasteiger partial charge < -0.3 is 18.7 Å². The molecule has 1 rings (SSSR count). The van der Waals surface area contributed by atoms with E-state index in [4.69, 9.17) is 13.9 Å². The molecule has 0 N–H and O–H groups in total. The summed E-state index contributed by atoms with van der Waals surface area (Å²) in [6.07, 6.45) is -0.464. The maximum absolute atomic E-state index is 12.2. The van der Waals surface area contributed by atoms with E-state index in [1.165, 1.54) is 7.11 Å². The molecule has 3 atom stereocenters. The first kappa shape index (κ1) is 19.3. The van der Waals surface area contributed by atoms with Crippen molar-refractivity contribution < 1.29 is 23.5 Å². The minimum atomic E-state index is -2.09. The molecule has 0 bridgehead atoms. The van der Waals surface area contributed by atoms with Crippen molar-refractivity contribution in [3.05, 3.63) is 0 Å². The van der Waals surface area contributed by atoms with Gasteiger partial charge in [-0.2, -0.15) is 0 Å². The van der Waals surface area contributed by atoms with E-state index < -0.39 is 32.0 Å². The zero-order valence-electron chi connectivity index (χ0n) is 15.1. The number of carbonyl (C=O) groups is 2. The molecule has 0 radical (unpaired) electrons. The van der Waals surface area contributed by atoms with Crippen LogP contribution in [0.3, 0.4) is 0 Å². The molecule has 128 valence electrons. The van der Waals surface area contributed by atoms with E-state index >= 15 is 0 Å². The summed E-state index contributed by atoms with van der Waals surface area (Å²) >= 11 is 0. The largest absolute Gasteiger partial charge is 0.456 e. The van der Waals surface area contributed by atoms with Gasteiger partial charge in [-0.3, -0.25) is 4.79 Å². The molecule has 0 aromatic carbocycles. The van der Waals surface area contributed by atoms with Crippen LogP contribution in [0.15, 0.2) is 0 Å². The second kappa shape index (κ2) is 6.41. The number of ether oxygens (including phenoxy) is 2. The smallest absolute Gasteiger partial charge is 0.314 e. The van der Waals surface area contributed by atoms with Crippen LogP contribution in [-0.2, 0) is 23.5 Å². The molecule has 1 saturated heterocycles. The lowest BCUT2D eigenvalue weighted by Gasteiger charge is -2.42. The molecular weight excluding hydrogens is 300 g/mol. The molecule has 22 heavy (non-hydrogen) atoms. The molecule has 0 spiro atoms. The van der Waals surface area contributed by atoms with Crippen molar-refractivity contribution in [1.82, 2.24) is 0 Å². The standard InChI is InChI=1S/C16H30O5Si/c1-15(2,3)22(7,8)21-13-12(11(19-6)9-10-17)20-14(18)16(13,4)5/h10-13H,9H2,1-8H3/t11-,12+,13-/m0/s1. The second-order valence-electron chi connectivity index (χ2n) is 8.07. The summed E-state index contributed by atoms with van der Waals surface area (Å²) in [5.41, 5.74) is -0.750. The lowest BCUT2D eigenvalue weighted by atomic mass is 9.85. The van der Waals surface area contributed by atoms with Crippen molar-refractivity contribution >= 4 is 20.6 Å². The Morgan fingerprint density at radius 1 is 1.36 bits per heavy atom. The normalized spacial score (nSPS) is 26.6. The van der Waals surface area contributed by atoms with E-state index in [2.05, 4.69) is 33.9 Å². The van der Waals surface area contributed by atoms with Gasteiger partial charge in [0.25, 0.3) is 0 Å². The van der Waals surface area contributed by atoms with Crippen molar-refractivity contribution in [2.75, 3.05) is 7.11 Å². The first-order valence-corrected chi connectivity index (χ1v) is 10.6. The number of esters is 1. The Labute approximate surface area is 134 Å². The summed E-state index contributed by atoms with van der Waals surface area (Å²) in [6, 6.07) is 0. The molecule has 1 aliphatic heterocycles. The third-order valence-corrected chi connectivity index (χ3v) is 9.46. The maximum atomic E-state index is 12.2. The first-order chi connectivity index (χ1) is 9.88. The third kappa shape index (κ3) is 3.60. The van der Waals surface area contributed by atoms with E-state index in [1.807, 2.05) is 13.8 Å². The molecule has 1 fully saturated rings. The van der Waals surface area contributed by atoms with Gasteiger partial charge in [0.05, 0.1) is 5.41 Å². The Balaban J connectivity index is 3.13. The van der Waals surface area contributed by atoms with Crippen LogP contribution < -0.4 is 0 Å². The fourth-order valence-corrected chi connectivity index (χ4v) is 3.72. The van der Waals surface area contributed by atoms with Crippen molar-refractivity contribution in [3.63, 3.8) is 0 Å². The highest BCUT2D eigenvalue weighted by Gasteiger charge is 2.57. The quantitative estimate of drug-likeness (QED) is 0.426. The highest BCUT2D eigenvalue weighted by Crippen LogP contribution is 2.44. The van der Waals surface area contributed by atoms with Crippen molar-refractivity contribution in [3.8, 4) is 0 Å². The lowest BCUT2D eigenvalue weighted by molar-refractivity contribution is -0.152. The van der Waals surface area contributed by atoms with E-state index in [1.54, 1.807) is 0 Å². The van der Waals surface area contributed by atoms with Crippen LogP contribution in [-0.4, -0.2) is 46.0 Å². The van der Waals surface area contributed by atoms with Gasteiger partial charge in [-0.15, -0.1) is 0 Å². The van der Waals surface area contributed by atoms with Crippen LogP contribution in [0.2, 0.25) is 18.1 Å². The summed E-state index contributed by atoms with van der Waals surface area (Å²) in [5, 5.41) is 0.0203. The zero-order chi connectivity index (χ0) is 17.3. The summed E-state index contributed by atoms with van der Waals surface area (Å²) in [4.78, 5) is 23.1. The highest BCUT2D eigenvalue weighted by molar-refractivity contribution is 6.74. The van der Waals surface area contributed by atoms with Crippen LogP contribution in [0.4, 0.5) is 0 Å². The summed E-state index contributed by atoms with van der Waals surface area (Å²) < 4.78 is 17.4. The number of rotatable bonds is 6. The summed E-state index contributed by atoms with van der Waals surface area (Å²) in [5.74, 6) is -0.297. The number of methoxy groups -OCH3 is 1. The van der Waals surface area contributed by atoms with E-state index in [9.17, 15) is 9.59 Å². The minimum absolute atomic E-state index is 0.0203. The average Bonchev–Trinajstić information content (AvgIpc) is 2.58. The van der Waals surface area contributed by atoms with Gasteiger partial charge in [-0.05, 0) is 32.0 Å². The van der Waals surface area contributed by atoms with Crippen molar-refractivity contribution in [2.45, 2.75) is 77.5 Å². The van der Waals surface area contributed by atoms with Gasteiger partial charge in [0.1, 0.15) is 18.5 Å². The number of cyclic esters (lactones) is 1. The van der Waals surface area contributed by atoms with Gasteiger partial charge in [0.15, 0.2) is 14.4 Å². The van der Waals surface area contributed by atoms with Crippen LogP contribution in [0.5, 0.6) is 0 Å². The summed E-state index contributed by atoms with van der Waals surface area (Å²) in [7, 11) is -0.563. The SMILES string of the molecule is CO[C@@H](CC=O)[C@H]1OC(=O)C(C)(C)[C@H]1O[Si](C)(C)C(C)(C)C. The fourth-order valence-electron chi connectivity index (χ4n) is 2.30. The molecule has 0 amide bonds.